The summed E-state index contributed by atoms with van der Waals surface area (Å²) in [7, 11) is 0. The summed E-state index contributed by atoms with van der Waals surface area (Å²) in [4.78, 5) is 4.65. The third-order valence-electron chi connectivity index (χ3n) is 2.47. The molecule has 0 saturated heterocycles. The molecule has 0 atom stereocenters. The van der Waals surface area contributed by atoms with Crippen LogP contribution in [0.4, 0.5) is 0 Å². The molecule has 0 aromatic carbocycles. The fourth-order valence-electron chi connectivity index (χ4n) is 1.57. The molecule has 0 bridgehead atoms. The van der Waals surface area contributed by atoms with Crippen molar-refractivity contribution in [2.75, 3.05) is 12.5 Å². The van der Waals surface area contributed by atoms with E-state index in [1.165, 1.54) is 35.4 Å². The Labute approximate surface area is 101 Å². The van der Waals surface area contributed by atoms with Crippen molar-refractivity contribution in [2.24, 2.45) is 0 Å². The summed E-state index contributed by atoms with van der Waals surface area (Å²) >= 11 is 3.49. The fourth-order valence-corrected chi connectivity index (χ4v) is 2.81. The number of hydrogen-bond donors (Lipinski definition) is 0. The smallest absolute Gasteiger partial charge is 0.100 e. The molecule has 1 aromatic rings. The van der Waals surface area contributed by atoms with E-state index in [2.05, 4.69) is 37.4 Å². The molecule has 3 heteroatoms. The van der Waals surface area contributed by atoms with Crippen LogP contribution in [0.25, 0.3) is 0 Å². The van der Waals surface area contributed by atoms with Crippen molar-refractivity contribution in [1.82, 2.24) is 4.98 Å². The van der Waals surface area contributed by atoms with Crippen LogP contribution in [0, 0.1) is 6.92 Å². The number of aromatic nitrogens is 1. The van der Waals surface area contributed by atoms with Gasteiger partial charge in [-0.05, 0) is 49.5 Å². The van der Waals surface area contributed by atoms with Gasteiger partial charge in [0.2, 0.25) is 0 Å². The van der Waals surface area contributed by atoms with Crippen molar-refractivity contribution in [2.45, 2.75) is 43.2 Å². The molecule has 0 spiro atoms. The lowest BCUT2D eigenvalue weighted by molar-refractivity contribution is 0.763. The van der Waals surface area contributed by atoms with Crippen LogP contribution < -0.4 is 0 Å². The van der Waals surface area contributed by atoms with Crippen molar-refractivity contribution >= 4 is 23.5 Å². The monoisotopic (exact) mass is 241 g/mol. The Balaban J connectivity index is 3.01. The van der Waals surface area contributed by atoms with Crippen molar-refractivity contribution in [1.29, 1.82) is 0 Å². The molecule has 0 aliphatic carbocycles. The van der Waals surface area contributed by atoms with Crippen LogP contribution in [0.2, 0.25) is 0 Å². The van der Waals surface area contributed by atoms with E-state index >= 15 is 0 Å². The van der Waals surface area contributed by atoms with Gasteiger partial charge in [-0.15, -0.1) is 23.5 Å². The van der Waals surface area contributed by atoms with Gasteiger partial charge in [0, 0.05) is 0 Å². The summed E-state index contributed by atoms with van der Waals surface area (Å²) in [5.74, 6) is 0. The van der Waals surface area contributed by atoms with Crippen LogP contribution in [0.3, 0.4) is 0 Å². The maximum Gasteiger partial charge on any atom is 0.100 e. The van der Waals surface area contributed by atoms with Crippen molar-refractivity contribution in [3.8, 4) is 0 Å². The maximum atomic E-state index is 4.65. The molecule has 0 amide bonds. The van der Waals surface area contributed by atoms with Gasteiger partial charge in [-0.3, -0.25) is 0 Å². The number of unbranched alkanes of at least 4 members (excludes halogenated alkanes) is 1. The average molecular weight is 241 g/mol. The molecule has 1 aromatic heterocycles. The summed E-state index contributed by atoms with van der Waals surface area (Å²) in [5.41, 5.74) is 2.84. The third kappa shape index (κ3) is 3.42. The number of hydrogen-bond acceptors (Lipinski definition) is 3. The van der Waals surface area contributed by atoms with Crippen LogP contribution in [0.5, 0.6) is 0 Å². The van der Waals surface area contributed by atoms with Crippen molar-refractivity contribution in [3.63, 3.8) is 0 Å². The summed E-state index contributed by atoms with van der Waals surface area (Å²) < 4.78 is 0. The molecular weight excluding hydrogens is 222 g/mol. The zero-order valence-corrected chi connectivity index (χ0v) is 11.6. The van der Waals surface area contributed by atoms with E-state index in [0.29, 0.717) is 0 Å². The van der Waals surface area contributed by atoms with E-state index in [1.807, 2.05) is 0 Å². The minimum absolute atomic E-state index is 1.14. The summed E-state index contributed by atoms with van der Waals surface area (Å²) in [5, 5.41) is 2.35. The molecule has 1 rings (SSSR count). The second kappa shape index (κ2) is 6.44. The number of pyridine rings is 1. The summed E-state index contributed by atoms with van der Waals surface area (Å²) in [6.45, 7) is 4.43. The minimum Gasteiger partial charge on any atom is -0.235 e. The first-order valence-corrected chi connectivity index (χ1v) is 7.76. The average Bonchev–Trinajstić information content (AvgIpc) is 2.26. The van der Waals surface area contributed by atoms with E-state index in [9.17, 15) is 0 Å². The normalized spacial score (nSPS) is 10.7. The highest BCUT2D eigenvalue weighted by atomic mass is 32.2. The standard InChI is InChI=1S/C12H19NS2/c1-5-6-7-10-9(2)8-11(14-3)13-12(10)15-4/h8H,5-7H2,1-4H3. The van der Waals surface area contributed by atoms with Gasteiger partial charge in [-0.2, -0.15) is 0 Å². The lowest BCUT2D eigenvalue weighted by atomic mass is 10.1. The quantitative estimate of drug-likeness (QED) is 0.718. The zero-order chi connectivity index (χ0) is 11.3. The van der Waals surface area contributed by atoms with Crippen LogP contribution >= 0.6 is 23.5 Å². The van der Waals surface area contributed by atoms with Gasteiger partial charge in [0.25, 0.3) is 0 Å². The molecule has 0 unspecified atom stereocenters. The van der Waals surface area contributed by atoms with Crippen LogP contribution in [-0.4, -0.2) is 17.5 Å². The van der Waals surface area contributed by atoms with Crippen LogP contribution in [-0.2, 0) is 6.42 Å². The van der Waals surface area contributed by atoms with Gasteiger partial charge in [-0.1, -0.05) is 13.3 Å². The fraction of sp³-hybridized carbons (Fsp3) is 0.583. The molecule has 0 saturated carbocycles. The molecular formula is C12H19NS2. The van der Waals surface area contributed by atoms with Crippen molar-refractivity contribution in [3.05, 3.63) is 17.2 Å². The molecule has 0 fully saturated rings. The first kappa shape index (κ1) is 12.9. The Morgan fingerprint density at radius 1 is 1.27 bits per heavy atom. The Hall–Kier alpha value is -0.150. The molecule has 15 heavy (non-hydrogen) atoms. The lowest BCUT2D eigenvalue weighted by Crippen LogP contribution is -1.97. The second-order valence-corrected chi connectivity index (χ2v) is 5.19. The van der Waals surface area contributed by atoms with E-state index < -0.39 is 0 Å². The lowest BCUT2D eigenvalue weighted by Gasteiger charge is -2.11. The topological polar surface area (TPSA) is 12.9 Å². The minimum atomic E-state index is 1.14. The molecule has 0 N–H and O–H groups in total. The van der Waals surface area contributed by atoms with Gasteiger partial charge >= 0.3 is 0 Å². The molecule has 84 valence electrons. The molecule has 0 aliphatic rings. The SMILES string of the molecule is CCCCc1c(C)cc(SC)nc1SC. The van der Waals surface area contributed by atoms with Crippen LogP contribution in [0.15, 0.2) is 16.1 Å². The van der Waals surface area contributed by atoms with E-state index in [1.54, 1.807) is 23.5 Å². The number of thioether (sulfide) groups is 2. The molecule has 0 aliphatic heterocycles. The van der Waals surface area contributed by atoms with Gasteiger partial charge in [0.1, 0.15) is 5.03 Å². The Kier molecular flexibility index (Phi) is 5.54. The molecule has 1 heterocycles. The Morgan fingerprint density at radius 3 is 2.53 bits per heavy atom. The van der Waals surface area contributed by atoms with E-state index in [0.717, 1.165) is 5.03 Å². The van der Waals surface area contributed by atoms with E-state index in [-0.39, 0.29) is 0 Å². The zero-order valence-electron chi connectivity index (χ0n) is 9.96. The highest BCUT2D eigenvalue weighted by Gasteiger charge is 2.08. The summed E-state index contributed by atoms with van der Waals surface area (Å²) in [6, 6.07) is 2.20. The third-order valence-corrected chi connectivity index (χ3v) is 3.82. The molecule has 1 nitrogen and oxygen atoms in total. The predicted octanol–water partition coefficient (Wildman–Crippen LogP) is 4.18. The first-order valence-electron chi connectivity index (χ1n) is 5.31. The second-order valence-electron chi connectivity index (χ2n) is 3.57. The van der Waals surface area contributed by atoms with E-state index in [4.69, 9.17) is 0 Å². The van der Waals surface area contributed by atoms with Gasteiger partial charge in [0.15, 0.2) is 0 Å². The van der Waals surface area contributed by atoms with Crippen LogP contribution in [0.1, 0.15) is 30.9 Å². The van der Waals surface area contributed by atoms with Gasteiger partial charge < -0.3 is 0 Å². The van der Waals surface area contributed by atoms with Crippen molar-refractivity contribution < 1.29 is 0 Å². The Morgan fingerprint density at radius 2 is 2.00 bits per heavy atom. The largest absolute Gasteiger partial charge is 0.235 e. The predicted molar refractivity (Wildman–Crippen MR) is 71.1 cm³/mol. The first-order chi connectivity index (χ1) is 7.22. The highest BCUT2D eigenvalue weighted by Crippen LogP contribution is 2.26. The van der Waals surface area contributed by atoms with Gasteiger partial charge in [-0.25, -0.2) is 4.98 Å². The number of aryl methyl sites for hydroxylation is 1. The maximum absolute atomic E-state index is 4.65. The number of nitrogens with zero attached hydrogens (tertiary/aromatic N) is 1. The highest BCUT2D eigenvalue weighted by molar-refractivity contribution is 7.99. The Bertz CT molecular complexity index is 324. The molecule has 0 radical (unpaired) electrons. The van der Waals surface area contributed by atoms with Gasteiger partial charge in [0.05, 0.1) is 5.03 Å². The summed E-state index contributed by atoms with van der Waals surface area (Å²) in [6.07, 6.45) is 7.87. The number of rotatable bonds is 5.